The van der Waals surface area contributed by atoms with E-state index in [0.29, 0.717) is 6.61 Å². The Kier molecular flexibility index (Phi) is 3.63. The van der Waals surface area contributed by atoms with Crippen LogP contribution < -0.4 is 20.1 Å². The number of nitrogens with two attached hydrogens (primary N) is 1. The average Bonchev–Trinajstić information content (AvgIpc) is 2.49. The molecule has 3 rings (SSSR count). The van der Waals surface area contributed by atoms with Crippen LogP contribution in [0.15, 0.2) is 48.5 Å². The Morgan fingerprint density at radius 1 is 1.10 bits per heavy atom. The lowest BCUT2D eigenvalue weighted by Crippen LogP contribution is -2.35. The Morgan fingerprint density at radius 2 is 1.90 bits per heavy atom. The van der Waals surface area contributed by atoms with Crippen molar-refractivity contribution in [2.45, 2.75) is 0 Å². The van der Waals surface area contributed by atoms with Gasteiger partial charge in [-0.3, -0.25) is 0 Å². The number of fused-ring (bicyclic) bond motifs is 1. The van der Waals surface area contributed by atoms with Crippen LogP contribution in [0.25, 0.3) is 0 Å². The Hall–Kier alpha value is -2.36. The Morgan fingerprint density at radius 3 is 2.75 bits per heavy atom. The van der Waals surface area contributed by atoms with Gasteiger partial charge in [-0.1, -0.05) is 12.1 Å². The lowest BCUT2D eigenvalue weighted by atomic mass is 10.2. The number of nitrogens with zero attached hydrogens (tertiary/aromatic N) is 1. The molecule has 0 bridgehead atoms. The van der Waals surface area contributed by atoms with Gasteiger partial charge < -0.3 is 20.1 Å². The number of rotatable bonds is 4. The Balaban J connectivity index is 1.58. The largest absolute Gasteiger partial charge is 0.492 e. The van der Waals surface area contributed by atoms with Crippen LogP contribution in [0, 0.1) is 0 Å². The number of nitrogen functional groups attached to an aromatic ring is 1. The quantitative estimate of drug-likeness (QED) is 0.867. The van der Waals surface area contributed by atoms with Crippen LogP contribution in [-0.2, 0) is 0 Å². The minimum Gasteiger partial charge on any atom is -0.492 e. The standard InChI is InChI=1S/C16H18N2O2/c17-13-5-7-14(8-6-13)19-11-9-18-10-12-20-16-4-2-1-3-15(16)18/h1-8H,9-12,17H2. The van der Waals surface area contributed by atoms with E-state index in [9.17, 15) is 0 Å². The predicted molar refractivity (Wildman–Crippen MR) is 80.5 cm³/mol. The summed E-state index contributed by atoms with van der Waals surface area (Å²) in [5, 5.41) is 0. The molecule has 4 nitrogen and oxygen atoms in total. The molecule has 0 saturated carbocycles. The molecule has 0 fully saturated rings. The fraction of sp³-hybridized carbons (Fsp3) is 0.250. The first kappa shape index (κ1) is 12.7. The second kappa shape index (κ2) is 5.74. The molecule has 1 heterocycles. The molecule has 1 aliphatic rings. The molecule has 1 aliphatic heterocycles. The minimum atomic E-state index is 0.637. The summed E-state index contributed by atoms with van der Waals surface area (Å²) in [5.74, 6) is 1.80. The highest BCUT2D eigenvalue weighted by Crippen LogP contribution is 2.30. The van der Waals surface area contributed by atoms with Crippen LogP contribution in [0.1, 0.15) is 0 Å². The molecule has 0 radical (unpaired) electrons. The van der Waals surface area contributed by atoms with E-state index in [0.717, 1.165) is 42.6 Å². The molecule has 0 spiro atoms. The Bertz CT molecular complexity index is 569. The van der Waals surface area contributed by atoms with Crippen molar-refractivity contribution in [2.24, 2.45) is 0 Å². The topological polar surface area (TPSA) is 47.7 Å². The number of hydrogen-bond donors (Lipinski definition) is 1. The number of benzene rings is 2. The summed E-state index contributed by atoms with van der Waals surface area (Å²) < 4.78 is 11.4. The fourth-order valence-corrected chi connectivity index (χ4v) is 2.30. The maximum absolute atomic E-state index is 5.74. The molecule has 2 aromatic rings. The monoisotopic (exact) mass is 270 g/mol. The molecule has 104 valence electrons. The molecule has 0 saturated heterocycles. The van der Waals surface area contributed by atoms with Crippen molar-refractivity contribution in [1.29, 1.82) is 0 Å². The molecule has 0 atom stereocenters. The highest BCUT2D eigenvalue weighted by atomic mass is 16.5. The summed E-state index contributed by atoms with van der Waals surface area (Å²) in [6.07, 6.45) is 0. The van der Waals surface area contributed by atoms with E-state index in [2.05, 4.69) is 11.0 Å². The van der Waals surface area contributed by atoms with E-state index in [4.69, 9.17) is 15.2 Å². The van der Waals surface area contributed by atoms with E-state index in [1.807, 2.05) is 42.5 Å². The van der Waals surface area contributed by atoms with Gasteiger partial charge in [-0.15, -0.1) is 0 Å². The van der Waals surface area contributed by atoms with Gasteiger partial charge in [-0.2, -0.15) is 0 Å². The zero-order valence-electron chi connectivity index (χ0n) is 11.3. The minimum absolute atomic E-state index is 0.637. The van der Waals surface area contributed by atoms with Gasteiger partial charge in [0, 0.05) is 5.69 Å². The van der Waals surface area contributed by atoms with Crippen molar-refractivity contribution in [3.8, 4) is 11.5 Å². The van der Waals surface area contributed by atoms with Crippen LogP contribution >= 0.6 is 0 Å². The van der Waals surface area contributed by atoms with Crippen LogP contribution in [-0.4, -0.2) is 26.3 Å². The van der Waals surface area contributed by atoms with Crippen LogP contribution in [0.3, 0.4) is 0 Å². The zero-order chi connectivity index (χ0) is 13.8. The molecule has 2 aromatic carbocycles. The smallest absolute Gasteiger partial charge is 0.142 e. The summed E-state index contributed by atoms with van der Waals surface area (Å²) in [6.45, 7) is 3.09. The number of ether oxygens (including phenoxy) is 2. The van der Waals surface area contributed by atoms with Gasteiger partial charge in [-0.25, -0.2) is 0 Å². The third-order valence-corrected chi connectivity index (χ3v) is 3.33. The SMILES string of the molecule is Nc1ccc(OCCN2CCOc3ccccc32)cc1. The van der Waals surface area contributed by atoms with Crippen LogP contribution in [0.4, 0.5) is 11.4 Å². The van der Waals surface area contributed by atoms with Crippen molar-refractivity contribution < 1.29 is 9.47 Å². The second-order valence-corrected chi connectivity index (χ2v) is 4.72. The first-order valence-corrected chi connectivity index (χ1v) is 6.78. The third-order valence-electron chi connectivity index (χ3n) is 3.33. The molecule has 0 unspecified atom stereocenters. The molecule has 4 heteroatoms. The van der Waals surface area contributed by atoms with Crippen LogP contribution in [0.5, 0.6) is 11.5 Å². The summed E-state index contributed by atoms with van der Waals surface area (Å²) in [5.41, 5.74) is 7.54. The lowest BCUT2D eigenvalue weighted by Gasteiger charge is -2.31. The molecule has 0 amide bonds. The number of hydrogen-bond acceptors (Lipinski definition) is 4. The molecule has 2 N–H and O–H groups in total. The summed E-state index contributed by atoms with van der Waals surface area (Å²) in [4.78, 5) is 2.29. The maximum atomic E-state index is 5.74. The fourth-order valence-electron chi connectivity index (χ4n) is 2.30. The lowest BCUT2D eigenvalue weighted by molar-refractivity contribution is 0.288. The molecular weight excluding hydrogens is 252 g/mol. The highest BCUT2D eigenvalue weighted by molar-refractivity contribution is 5.59. The van der Waals surface area contributed by atoms with Crippen molar-refractivity contribution in [3.63, 3.8) is 0 Å². The summed E-state index contributed by atoms with van der Waals surface area (Å²) >= 11 is 0. The first-order valence-electron chi connectivity index (χ1n) is 6.78. The predicted octanol–water partition coefficient (Wildman–Crippen LogP) is 2.55. The molecule has 0 aromatic heterocycles. The first-order chi connectivity index (χ1) is 9.83. The third kappa shape index (κ3) is 2.79. The average molecular weight is 270 g/mol. The van der Waals surface area contributed by atoms with E-state index in [1.165, 1.54) is 0 Å². The van der Waals surface area contributed by atoms with E-state index < -0.39 is 0 Å². The molecule has 0 aliphatic carbocycles. The summed E-state index contributed by atoms with van der Waals surface area (Å²) in [6, 6.07) is 15.6. The van der Waals surface area contributed by atoms with Crippen molar-refractivity contribution in [2.75, 3.05) is 36.9 Å². The van der Waals surface area contributed by atoms with Crippen molar-refractivity contribution in [1.82, 2.24) is 0 Å². The number of para-hydroxylation sites is 2. The van der Waals surface area contributed by atoms with Gasteiger partial charge in [0.2, 0.25) is 0 Å². The molecule has 20 heavy (non-hydrogen) atoms. The van der Waals surface area contributed by atoms with Gasteiger partial charge in [0.1, 0.15) is 24.7 Å². The van der Waals surface area contributed by atoms with Gasteiger partial charge >= 0.3 is 0 Å². The van der Waals surface area contributed by atoms with Crippen molar-refractivity contribution in [3.05, 3.63) is 48.5 Å². The number of anilines is 2. The molecular formula is C16H18N2O2. The maximum Gasteiger partial charge on any atom is 0.142 e. The van der Waals surface area contributed by atoms with Gasteiger partial charge in [-0.05, 0) is 36.4 Å². The Labute approximate surface area is 118 Å². The second-order valence-electron chi connectivity index (χ2n) is 4.72. The van der Waals surface area contributed by atoms with Crippen molar-refractivity contribution >= 4 is 11.4 Å². The van der Waals surface area contributed by atoms with Gasteiger partial charge in [0.25, 0.3) is 0 Å². The zero-order valence-corrected chi connectivity index (χ0v) is 11.3. The van der Waals surface area contributed by atoms with Gasteiger partial charge in [0.05, 0.1) is 18.8 Å². The van der Waals surface area contributed by atoms with Gasteiger partial charge in [0.15, 0.2) is 0 Å². The summed E-state index contributed by atoms with van der Waals surface area (Å²) in [7, 11) is 0. The van der Waals surface area contributed by atoms with E-state index >= 15 is 0 Å². The highest BCUT2D eigenvalue weighted by Gasteiger charge is 2.16. The van der Waals surface area contributed by atoms with Crippen LogP contribution in [0.2, 0.25) is 0 Å². The van der Waals surface area contributed by atoms with E-state index in [1.54, 1.807) is 0 Å². The van der Waals surface area contributed by atoms with E-state index in [-0.39, 0.29) is 0 Å². The normalized spacial score (nSPS) is 13.5.